The van der Waals surface area contributed by atoms with Crippen molar-refractivity contribution in [3.63, 3.8) is 0 Å². The molecule has 0 saturated carbocycles. The van der Waals surface area contributed by atoms with Gasteiger partial charge < -0.3 is 0 Å². The zero-order valence-electron chi connectivity index (χ0n) is 16.0. The maximum atomic E-state index is 6.45. The lowest BCUT2D eigenvalue weighted by Gasteiger charge is -2.11. The Morgan fingerprint density at radius 3 is 2.38 bits per heavy atom. The minimum absolute atomic E-state index is 0.661. The van der Waals surface area contributed by atoms with Gasteiger partial charge in [-0.1, -0.05) is 95.7 Å². The van der Waals surface area contributed by atoms with Crippen LogP contribution in [0.3, 0.4) is 0 Å². The number of nitrogens with zero attached hydrogens (tertiary/aromatic N) is 3. The molecule has 0 amide bonds. The fourth-order valence-corrected chi connectivity index (χ4v) is 3.96. The van der Waals surface area contributed by atoms with Crippen LogP contribution in [0.25, 0.3) is 23.2 Å². The molecule has 4 aromatic rings. The van der Waals surface area contributed by atoms with E-state index in [0.29, 0.717) is 5.02 Å². The molecule has 0 saturated heterocycles. The lowest BCUT2D eigenvalue weighted by atomic mass is 10.2. The quantitative estimate of drug-likeness (QED) is 0.327. The highest BCUT2D eigenvalue weighted by Crippen LogP contribution is 2.32. The predicted octanol–water partition coefficient (Wildman–Crippen LogP) is 6.70. The maximum absolute atomic E-state index is 6.45. The van der Waals surface area contributed by atoms with Crippen molar-refractivity contribution in [3.8, 4) is 17.1 Å². The second kappa shape index (κ2) is 9.12. The molecule has 0 spiro atoms. The number of halogens is 1. The molecular formula is C24H20ClN3S. The second-order valence-electron chi connectivity index (χ2n) is 6.58. The molecule has 1 heterocycles. The van der Waals surface area contributed by atoms with Crippen LogP contribution in [0.4, 0.5) is 0 Å². The minimum Gasteiger partial charge on any atom is -0.270 e. The molecule has 0 bridgehead atoms. The number of rotatable bonds is 6. The van der Waals surface area contributed by atoms with Crippen molar-refractivity contribution >= 4 is 29.4 Å². The van der Waals surface area contributed by atoms with E-state index in [4.69, 9.17) is 11.6 Å². The highest BCUT2D eigenvalue weighted by atomic mass is 35.5. The molecule has 0 atom stereocenters. The summed E-state index contributed by atoms with van der Waals surface area (Å²) in [6.07, 6.45) is 4.26. The highest BCUT2D eigenvalue weighted by Gasteiger charge is 2.17. The third-order valence-electron chi connectivity index (χ3n) is 4.46. The molecule has 29 heavy (non-hydrogen) atoms. The van der Waals surface area contributed by atoms with Gasteiger partial charge in [-0.25, -0.2) is 0 Å². The van der Waals surface area contributed by atoms with Crippen LogP contribution >= 0.6 is 23.4 Å². The molecule has 3 aromatic carbocycles. The van der Waals surface area contributed by atoms with Gasteiger partial charge in [-0.3, -0.25) is 4.57 Å². The van der Waals surface area contributed by atoms with Gasteiger partial charge in [0.2, 0.25) is 0 Å². The molecule has 0 N–H and O–H groups in total. The second-order valence-corrected chi connectivity index (χ2v) is 7.98. The van der Waals surface area contributed by atoms with E-state index in [1.165, 1.54) is 11.1 Å². The molecule has 0 fully saturated rings. The Kier molecular flexibility index (Phi) is 6.13. The summed E-state index contributed by atoms with van der Waals surface area (Å²) in [6.45, 7) is 2.08. The van der Waals surface area contributed by atoms with Crippen molar-refractivity contribution in [2.24, 2.45) is 0 Å². The third-order valence-corrected chi connectivity index (χ3v) is 5.67. The van der Waals surface area contributed by atoms with Crippen molar-refractivity contribution in [1.82, 2.24) is 14.8 Å². The summed E-state index contributed by atoms with van der Waals surface area (Å²) in [7, 11) is 0. The largest absolute Gasteiger partial charge is 0.270 e. The molecule has 0 radical (unpaired) electrons. The standard InChI is InChI=1S/C24H20ClN3S/c1-18-13-15-20(16-14-18)28-23(21-11-5-6-12-22(21)25)26-27-24(28)29-17-7-10-19-8-3-2-4-9-19/h2-16H,17H2,1H3. The normalized spacial score (nSPS) is 11.2. The van der Waals surface area contributed by atoms with E-state index in [0.717, 1.165) is 28.0 Å². The average molecular weight is 418 g/mol. The summed E-state index contributed by atoms with van der Waals surface area (Å²) in [5, 5.41) is 10.4. The van der Waals surface area contributed by atoms with Gasteiger partial charge in [-0.15, -0.1) is 10.2 Å². The summed E-state index contributed by atoms with van der Waals surface area (Å²) in [5.41, 5.74) is 4.28. The summed E-state index contributed by atoms with van der Waals surface area (Å²) in [4.78, 5) is 0. The number of thioether (sulfide) groups is 1. The van der Waals surface area contributed by atoms with Gasteiger partial charge >= 0.3 is 0 Å². The van der Waals surface area contributed by atoms with Crippen molar-refractivity contribution in [1.29, 1.82) is 0 Å². The molecule has 144 valence electrons. The minimum atomic E-state index is 0.661. The fraction of sp³-hybridized carbons (Fsp3) is 0.0833. The van der Waals surface area contributed by atoms with E-state index >= 15 is 0 Å². The highest BCUT2D eigenvalue weighted by molar-refractivity contribution is 7.99. The molecule has 0 aliphatic carbocycles. The summed E-state index contributed by atoms with van der Waals surface area (Å²) in [6, 6.07) is 26.4. The number of benzene rings is 3. The van der Waals surface area contributed by atoms with Crippen LogP contribution in [0.15, 0.2) is 90.1 Å². The SMILES string of the molecule is Cc1ccc(-n2c(SCC=Cc3ccccc3)nnc2-c2ccccc2Cl)cc1. The average Bonchev–Trinajstić information content (AvgIpc) is 3.16. The first kappa shape index (κ1) is 19.5. The lowest BCUT2D eigenvalue weighted by molar-refractivity contribution is 0.887. The Morgan fingerprint density at radius 2 is 1.62 bits per heavy atom. The van der Waals surface area contributed by atoms with Gasteiger partial charge in [0.05, 0.1) is 5.02 Å². The van der Waals surface area contributed by atoms with E-state index in [-0.39, 0.29) is 0 Å². The monoisotopic (exact) mass is 417 g/mol. The smallest absolute Gasteiger partial charge is 0.196 e. The number of hydrogen-bond donors (Lipinski definition) is 0. The first-order valence-electron chi connectivity index (χ1n) is 9.34. The summed E-state index contributed by atoms with van der Waals surface area (Å²) < 4.78 is 2.07. The van der Waals surface area contributed by atoms with Crippen molar-refractivity contribution in [3.05, 3.63) is 101 Å². The fourth-order valence-electron chi connectivity index (χ4n) is 2.98. The Bertz CT molecular complexity index is 1120. The first-order valence-corrected chi connectivity index (χ1v) is 10.7. The van der Waals surface area contributed by atoms with E-state index in [1.807, 2.05) is 42.5 Å². The van der Waals surface area contributed by atoms with Crippen molar-refractivity contribution < 1.29 is 0 Å². The van der Waals surface area contributed by atoms with Gasteiger partial charge in [0, 0.05) is 17.0 Å². The molecule has 1 aromatic heterocycles. The molecule has 4 rings (SSSR count). The predicted molar refractivity (Wildman–Crippen MR) is 123 cm³/mol. The van der Waals surface area contributed by atoms with Crippen LogP contribution in [0.2, 0.25) is 5.02 Å². The van der Waals surface area contributed by atoms with E-state index in [9.17, 15) is 0 Å². The molecule has 0 aliphatic heterocycles. The maximum Gasteiger partial charge on any atom is 0.196 e. The molecule has 0 unspecified atom stereocenters. The van der Waals surface area contributed by atoms with Crippen LogP contribution in [-0.4, -0.2) is 20.5 Å². The van der Waals surface area contributed by atoms with Crippen LogP contribution in [0, 0.1) is 6.92 Å². The van der Waals surface area contributed by atoms with Gasteiger partial charge in [-0.2, -0.15) is 0 Å². The van der Waals surface area contributed by atoms with Crippen LogP contribution in [0.5, 0.6) is 0 Å². The van der Waals surface area contributed by atoms with Crippen LogP contribution in [0.1, 0.15) is 11.1 Å². The zero-order valence-corrected chi connectivity index (χ0v) is 17.6. The van der Waals surface area contributed by atoms with Gasteiger partial charge in [0.15, 0.2) is 11.0 Å². The Balaban J connectivity index is 1.66. The first-order chi connectivity index (χ1) is 14.2. The molecular weight excluding hydrogens is 398 g/mol. The van der Waals surface area contributed by atoms with E-state index in [1.54, 1.807) is 11.8 Å². The lowest BCUT2D eigenvalue weighted by Crippen LogP contribution is -2.00. The Labute approximate surface area is 180 Å². The molecule has 3 nitrogen and oxygen atoms in total. The van der Waals surface area contributed by atoms with Gasteiger partial charge in [-0.05, 0) is 36.8 Å². The number of aryl methyl sites for hydroxylation is 1. The van der Waals surface area contributed by atoms with Crippen LogP contribution < -0.4 is 0 Å². The van der Waals surface area contributed by atoms with E-state index < -0.39 is 0 Å². The summed E-state index contributed by atoms with van der Waals surface area (Å²) >= 11 is 8.09. The summed E-state index contributed by atoms with van der Waals surface area (Å²) in [5.74, 6) is 1.54. The van der Waals surface area contributed by atoms with Crippen molar-refractivity contribution in [2.75, 3.05) is 5.75 Å². The van der Waals surface area contributed by atoms with Crippen LogP contribution in [-0.2, 0) is 0 Å². The van der Waals surface area contributed by atoms with E-state index in [2.05, 4.69) is 70.2 Å². The van der Waals surface area contributed by atoms with Gasteiger partial charge in [0.1, 0.15) is 0 Å². The zero-order chi connectivity index (χ0) is 20.1. The molecule has 0 aliphatic rings. The molecule has 5 heteroatoms. The topological polar surface area (TPSA) is 30.7 Å². The van der Waals surface area contributed by atoms with Crippen molar-refractivity contribution in [2.45, 2.75) is 12.1 Å². The Morgan fingerprint density at radius 1 is 0.897 bits per heavy atom. The number of aromatic nitrogens is 3. The van der Waals surface area contributed by atoms with Gasteiger partial charge in [0.25, 0.3) is 0 Å². The third kappa shape index (κ3) is 4.61. The number of hydrogen-bond acceptors (Lipinski definition) is 3. The Hall–Kier alpha value is -2.82.